The minimum Gasteiger partial charge on any atom is -0.328 e. The van der Waals surface area contributed by atoms with Gasteiger partial charge in [0, 0.05) is 29.5 Å². The second kappa shape index (κ2) is 10.8. The number of nitrogens with two attached hydrogens (primary N) is 1. The summed E-state index contributed by atoms with van der Waals surface area (Å²) in [5.74, 6) is -0.0881. The largest absolute Gasteiger partial charge is 0.328 e. The van der Waals surface area contributed by atoms with E-state index in [9.17, 15) is 9.59 Å². The maximum atomic E-state index is 12.5. The number of benzene rings is 2. The highest BCUT2D eigenvalue weighted by atomic mass is 35.5. The van der Waals surface area contributed by atoms with Crippen molar-refractivity contribution in [2.24, 2.45) is 5.73 Å². The van der Waals surface area contributed by atoms with E-state index in [4.69, 9.17) is 5.73 Å². The summed E-state index contributed by atoms with van der Waals surface area (Å²) >= 11 is 0. The number of hydrogen-bond acceptors (Lipinski definition) is 3. The molecule has 0 aromatic heterocycles. The van der Waals surface area contributed by atoms with E-state index in [1.165, 1.54) is 17.5 Å². The van der Waals surface area contributed by atoms with Gasteiger partial charge in [-0.2, -0.15) is 0 Å². The van der Waals surface area contributed by atoms with Crippen molar-refractivity contribution in [2.75, 3.05) is 16.0 Å². The van der Waals surface area contributed by atoms with E-state index in [-0.39, 0.29) is 30.4 Å². The highest BCUT2D eigenvalue weighted by Crippen LogP contribution is 2.28. The standard InChI is InChI=1S/C22H28N4O2.ClH/c1-15(23)12-13-21(27)24-17-8-5-9-18(14-17)25-22(28)26-20-11-4-7-16-6-2-3-10-19(16)20;/h4-5,7-9,11,14-15H,2-3,6,10,12-13,23H2,1H3,(H,24,27)(H2,25,26,28);1H. The lowest BCUT2D eigenvalue weighted by atomic mass is 9.90. The predicted molar refractivity (Wildman–Crippen MR) is 121 cm³/mol. The van der Waals surface area contributed by atoms with Gasteiger partial charge in [-0.25, -0.2) is 4.79 Å². The van der Waals surface area contributed by atoms with Crippen LogP contribution < -0.4 is 21.7 Å². The lowest BCUT2D eigenvalue weighted by Gasteiger charge is -2.19. The second-order valence-electron chi connectivity index (χ2n) is 7.37. The Morgan fingerprint density at radius 2 is 1.69 bits per heavy atom. The first kappa shape index (κ1) is 22.7. The Hall–Kier alpha value is -2.57. The third-order valence-corrected chi connectivity index (χ3v) is 4.88. The SMILES string of the molecule is CC(N)CCC(=O)Nc1cccc(NC(=O)Nc2cccc3c2CCCC3)c1.Cl. The van der Waals surface area contributed by atoms with E-state index >= 15 is 0 Å². The maximum absolute atomic E-state index is 12.5. The topological polar surface area (TPSA) is 96.2 Å². The summed E-state index contributed by atoms with van der Waals surface area (Å²) in [6.45, 7) is 1.88. The fourth-order valence-corrected chi connectivity index (χ4v) is 3.44. The van der Waals surface area contributed by atoms with Crippen LogP contribution in [0.5, 0.6) is 0 Å². The van der Waals surface area contributed by atoms with E-state index in [1.807, 2.05) is 19.1 Å². The van der Waals surface area contributed by atoms with Crippen LogP contribution in [0.2, 0.25) is 0 Å². The number of anilines is 3. The fourth-order valence-electron chi connectivity index (χ4n) is 3.44. The number of urea groups is 1. The minimum absolute atomic E-state index is 0. The van der Waals surface area contributed by atoms with Crippen molar-refractivity contribution in [1.29, 1.82) is 0 Å². The van der Waals surface area contributed by atoms with E-state index in [0.29, 0.717) is 24.2 Å². The number of nitrogens with one attached hydrogen (secondary N) is 3. The maximum Gasteiger partial charge on any atom is 0.323 e. The monoisotopic (exact) mass is 416 g/mol. The summed E-state index contributed by atoms with van der Waals surface area (Å²) in [5.41, 5.74) is 10.4. The van der Waals surface area contributed by atoms with E-state index in [0.717, 1.165) is 24.9 Å². The predicted octanol–water partition coefficient (Wildman–Crippen LogP) is 4.70. The number of rotatable bonds is 6. The van der Waals surface area contributed by atoms with Gasteiger partial charge in [-0.05, 0) is 74.4 Å². The zero-order valence-corrected chi connectivity index (χ0v) is 17.5. The van der Waals surface area contributed by atoms with Gasteiger partial charge in [0.1, 0.15) is 0 Å². The van der Waals surface area contributed by atoms with Gasteiger partial charge in [-0.15, -0.1) is 12.4 Å². The van der Waals surface area contributed by atoms with E-state index in [1.54, 1.807) is 24.3 Å². The van der Waals surface area contributed by atoms with Gasteiger partial charge < -0.3 is 21.7 Å². The van der Waals surface area contributed by atoms with Crippen molar-refractivity contribution in [3.05, 3.63) is 53.6 Å². The van der Waals surface area contributed by atoms with Crippen molar-refractivity contribution < 1.29 is 9.59 Å². The highest BCUT2D eigenvalue weighted by molar-refractivity contribution is 6.01. The molecule has 0 saturated heterocycles. The Labute approximate surface area is 178 Å². The van der Waals surface area contributed by atoms with Crippen molar-refractivity contribution in [2.45, 2.75) is 51.5 Å². The molecule has 0 fully saturated rings. The molecule has 6 nitrogen and oxygen atoms in total. The summed E-state index contributed by atoms with van der Waals surface area (Å²) < 4.78 is 0. The molecule has 2 aromatic carbocycles. The minimum atomic E-state index is -0.292. The van der Waals surface area contributed by atoms with Gasteiger partial charge in [-0.3, -0.25) is 4.79 Å². The lowest BCUT2D eigenvalue weighted by Crippen LogP contribution is -2.21. The molecule has 1 aliphatic rings. The molecule has 156 valence electrons. The number of halogens is 1. The van der Waals surface area contributed by atoms with Crippen LogP contribution >= 0.6 is 12.4 Å². The summed E-state index contributed by atoms with van der Waals surface area (Å²) in [6, 6.07) is 12.9. The molecule has 2 aromatic rings. The van der Waals surface area contributed by atoms with Crippen LogP contribution in [-0.2, 0) is 17.6 Å². The van der Waals surface area contributed by atoms with Gasteiger partial charge in [0.2, 0.25) is 5.91 Å². The van der Waals surface area contributed by atoms with Crippen LogP contribution in [0.4, 0.5) is 21.9 Å². The number of aryl methyl sites for hydroxylation is 1. The molecule has 5 N–H and O–H groups in total. The van der Waals surface area contributed by atoms with Crippen LogP contribution in [0.1, 0.15) is 43.7 Å². The van der Waals surface area contributed by atoms with E-state index < -0.39 is 0 Å². The van der Waals surface area contributed by atoms with Crippen molar-refractivity contribution >= 4 is 41.4 Å². The second-order valence-corrected chi connectivity index (χ2v) is 7.37. The number of hydrogen-bond donors (Lipinski definition) is 4. The molecule has 29 heavy (non-hydrogen) atoms. The number of carbonyl (C=O) groups excluding carboxylic acids is 2. The molecule has 1 atom stereocenters. The number of carbonyl (C=O) groups is 2. The average Bonchev–Trinajstić information content (AvgIpc) is 2.67. The zero-order valence-electron chi connectivity index (χ0n) is 16.7. The first-order valence-corrected chi connectivity index (χ1v) is 9.85. The highest BCUT2D eigenvalue weighted by Gasteiger charge is 2.14. The molecule has 3 rings (SSSR count). The fraction of sp³-hybridized carbons (Fsp3) is 0.364. The summed E-state index contributed by atoms with van der Waals surface area (Å²) in [5, 5.41) is 8.64. The summed E-state index contributed by atoms with van der Waals surface area (Å²) in [4.78, 5) is 24.4. The molecule has 0 bridgehead atoms. The van der Waals surface area contributed by atoms with Gasteiger partial charge in [0.05, 0.1) is 0 Å². The third kappa shape index (κ3) is 6.76. The molecular weight excluding hydrogens is 388 g/mol. The zero-order chi connectivity index (χ0) is 19.9. The molecule has 1 aliphatic carbocycles. The molecule has 0 radical (unpaired) electrons. The lowest BCUT2D eigenvalue weighted by molar-refractivity contribution is -0.116. The summed E-state index contributed by atoms with van der Waals surface area (Å²) in [7, 11) is 0. The van der Waals surface area contributed by atoms with E-state index in [2.05, 4.69) is 22.0 Å². The molecule has 1 unspecified atom stereocenters. The molecule has 0 heterocycles. The van der Waals surface area contributed by atoms with Crippen LogP contribution in [0.25, 0.3) is 0 Å². The Balaban J connectivity index is 0.00000300. The summed E-state index contributed by atoms with van der Waals surface area (Å²) in [6.07, 6.45) is 5.41. The molecule has 0 saturated carbocycles. The molecular formula is C22H29ClN4O2. The Kier molecular flexibility index (Phi) is 8.49. The smallest absolute Gasteiger partial charge is 0.323 e. The third-order valence-electron chi connectivity index (χ3n) is 4.88. The number of fused-ring (bicyclic) bond motifs is 1. The van der Waals surface area contributed by atoms with Crippen molar-refractivity contribution in [1.82, 2.24) is 0 Å². The van der Waals surface area contributed by atoms with Crippen molar-refractivity contribution in [3.63, 3.8) is 0 Å². The first-order valence-electron chi connectivity index (χ1n) is 9.85. The first-order chi connectivity index (χ1) is 13.5. The van der Waals surface area contributed by atoms with Crippen LogP contribution in [0.3, 0.4) is 0 Å². The molecule has 0 spiro atoms. The van der Waals surface area contributed by atoms with Gasteiger partial charge >= 0.3 is 6.03 Å². The van der Waals surface area contributed by atoms with Gasteiger partial charge in [0.15, 0.2) is 0 Å². The number of amides is 3. The quantitative estimate of drug-likeness (QED) is 0.549. The Morgan fingerprint density at radius 1 is 1.00 bits per heavy atom. The molecule has 0 aliphatic heterocycles. The Bertz CT molecular complexity index is 854. The molecule has 3 amide bonds. The normalized spacial score (nSPS) is 13.4. The van der Waals surface area contributed by atoms with Crippen molar-refractivity contribution in [3.8, 4) is 0 Å². The Morgan fingerprint density at radius 3 is 2.45 bits per heavy atom. The van der Waals surface area contributed by atoms with Crippen LogP contribution in [-0.4, -0.2) is 18.0 Å². The van der Waals surface area contributed by atoms with Gasteiger partial charge in [-0.1, -0.05) is 18.2 Å². The van der Waals surface area contributed by atoms with Crippen LogP contribution in [0.15, 0.2) is 42.5 Å². The van der Waals surface area contributed by atoms with Gasteiger partial charge in [0.25, 0.3) is 0 Å². The van der Waals surface area contributed by atoms with Crippen LogP contribution in [0, 0.1) is 0 Å². The molecule has 7 heteroatoms. The average molecular weight is 417 g/mol.